The quantitative estimate of drug-likeness (QED) is 0.163. The van der Waals surface area contributed by atoms with Crippen LogP contribution in [0.3, 0.4) is 0 Å². The summed E-state index contributed by atoms with van der Waals surface area (Å²) >= 11 is 0. The molecule has 0 saturated heterocycles. The summed E-state index contributed by atoms with van der Waals surface area (Å²) in [5.74, 6) is 0. The summed E-state index contributed by atoms with van der Waals surface area (Å²) in [6, 6.07) is 39.6. The van der Waals surface area contributed by atoms with Crippen LogP contribution in [0.5, 0.6) is 0 Å². The summed E-state index contributed by atoms with van der Waals surface area (Å²) in [5.41, 5.74) is 16.1. The molecule has 0 unspecified atom stereocenters. The van der Waals surface area contributed by atoms with Crippen LogP contribution in [0, 0.1) is 27.7 Å². The Morgan fingerprint density at radius 1 is 0.462 bits per heavy atom. The van der Waals surface area contributed by atoms with Gasteiger partial charge in [0.15, 0.2) is 0 Å². The van der Waals surface area contributed by atoms with Crippen LogP contribution in [0.2, 0.25) is 0 Å². The largest absolute Gasteiger partial charge is 0.312 e. The molecule has 2 aliphatic carbocycles. The molecule has 2 nitrogen and oxygen atoms in total. The zero-order valence-electron chi connectivity index (χ0n) is 29.9. The Balaban J connectivity index is 1.19. The Morgan fingerprint density at radius 2 is 1.00 bits per heavy atom. The average molecular weight is 665 g/mol. The number of fused-ring (bicyclic) bond motifs is 5. The lowest BCUT2D eigenvalue weighted by molar-refractivity contribution is 1.05. The zero-order chi connectivity index (χ0) is 34.6. The maximum Gasteiger partial charge on any atom is 0.0613 e. The van der Waals surface area contributed by atoms with Crippen molar-refractivity contribution in [1.82, 2.24) is 9.13 Å². The molecular weight excluding hydrogens is 629 g/mol. The second kappa shape index (κ2) is 9.80. The van der Waals surface area contributed by atoms with E-state index in [-0.39, 0.29) is 0 Å². The molecule has 0 spiro atoms. The number of aryl methyl sites for hydroxylation is 2. The fourth-order valence-electron chi connectivity index (χ4n) is 10.2. The molecule has 2 aliphatic rings. The number of benzene rings is 8. The van der Waals surface area contributed by atoms with Gasteiger partial charge in [0.1, 0.15) is 0 Å². The van der Waals surface area contributed by atoms with Gasteiger partial charge in [-0.05, 0) is 118 Å². The van der Waals surface area contributed by atoms with Crippen LogP contribution < -0.4 is 0 Å². The van der Waals surface area contributed by atoms with E-state index in [4.69, 9.17) is 0 Å². The third-order valence-corrected chi connectivity index (χ3v) is 12.9. The lowest BCUT2D eigenvalue weighted by atomic mass is 9.81. The van der Waals surface area contributed by atoms with Gasteiger partial charge in [0.25, 0.3) is 0 Å². The van der Waals surface area contributed by atoms with E-state index >= 15 is 0 Å². The third-order valence-electron chi connectivity index (χ3n) is 12.9. The molecule has 0 saturated carbocycles. The summed E-state index contributed by atoms with van der Waals surface area (Å²) < 4.78 is 5.13. The lowest BCUT2D eigenvalue weighted by Gasteiger charge is -2.25. The molecule has 246 valence electrons. The molecule has 2 heteroatoms. The first-order chi connectivity index (χ1) is 25.5. The molecule has 0 radical (unpaired) electrons. The van der Waals surface area contributed by atoms with Crippen LogP contribution in [-0.2, 0) is 6.42 Å². The Labute approximate surface area is 301 Å². The minimum Gasteiger partial charge on any atom is -0.312 e. The highest BCUT2D eigenvalue weighted by molar-refractivity contribution is 6.25. The summed E-state index contributed by atoms with van der Waals surface area (Å²) in [6.45, 7) is 9.19. The zero-order valence-corrected chi connectivity index (χ0v) is 29.9. The standard InChI is InChI=1S/C50H36N2/c1-27-29(3)51(43-25-17-35-13-11-31-7-5-9-33-15-19-41(43)47(35)45(31)33)49-37(27)21-23-40-39(49)24-22-38-28(2)30(4)52(50(38)40)44-26-18-36-14-12-32-8-6-10-34-16-20-42(44)48(36)46(32)34/h5-7,9-13,15-26H,8,14H2,1-4H3. The first-order valence-electron chi connectivity index (χ1n) is 18.6. The van der Waals surface area contributed by atoms with E-state index < -0.39 is 0 Å². The van der Waals surface area contributed by atoms with E-state index in [1.807, 2.05) is 0 Å². The SMILES string of the molecule is Cc1c(C)n(-c2ccc3c4c5c(ccc24)C=CCC5=CC3)c2c1ccc1c2ccc2c(C)c(C)n(-c3ccc4ccc5cccc6ccc3c4c56)c21. The van der Waals surface area contributed by atoms with Gasteiger partial charge in [-0.15, -0.1) is 0 Å². The van der Waals surface area contributed by atoms with Crippen molar-refractivity contribution in [3.05, 3.63) is 154 Å². The van der Waals surface area contributed by atoms with E-state index in [0.29, 0.717) is 0 Å². The van der Waals surface area contributed by atoms with Crippen molar-refractivity contribution in [1.29, 1.82) is 0 Å². The maximum absolute atomic E-state index is 2.57. The van der Waals surface area contributed by atoms with Gasteiger partial charge in [0, 0.05) is 43.7 Å². The van der Waals surface area contributed by atoms with Crippen LogP contribution in [0.25, 0.3) is 98.7 Å². The number of rotatable bonds is 2. The summed E-state index contributed by atoms with van der Waals surface area (Å²) in [4.78, 5) is 0. The molecule has 0 aliphatic heterocycles. The number of hydrogen-bond acceptors (Lipinski definition) is 0. The molecule has 0 fully saturated rings. The van der Waals surface area contributed by atoms with Crippen molar-refractivity contribution in [3.8, 4) is 11.4 Å². The lowest BCUT2D eigenvalue weighted by Crippen LogP contribution is -2.06. The molecule has 8 aromatic carbocycles. The Kier molecular flexibility index (Phi) is 5.39. The number of allylic oxidation sites excluding steroid dienone is 3. The number of nitrogens with zero attached hydrogens (tertiary/aromatic N) is 2. The van der Waals surface area contributed by atoms with Crippen LogP contribution in [0.1, 0.15) is 45.6 Å². The number of hydrogen-bond donors (Lipinski definition) is 0. The molecule has 0 atom stereocenters. The van der Waals surface area contributed by atoms with Gasteiger partial charge < -0.3 is 9.13 Å². The van der Waals surface area contributed by atoms with Gasteiger partial charge in [-0.2, -0.15) is 0 Å². The first kappa shape index (κ1) is 28.6. The van der Waals surface area contributed by atoms with Crippen LogP contribution in [-0.4, -0.2) is 9.13 Å². The minimum absolute atomic E-state index is 1.00. The van der Waals surface area contributed by atoms with E-state index in [0.717, 1.165) is 12.8 Å². The van der Waals surface area contributed by atoms with Crippen LogP contribution >= 0.6 is 0 Å². The van der Waals surface area contributed by atoms with Gasteiger partial charge in [-0.25, -0.2) is 0 Å². The monoisotopic (exact) mass is 664 g/mol. The first-order valence-corrected chi connectivity index (χ1v) is 18.6. The van der Waals surface area contributed by atoms with Crippen LogP contribution in [0.15, 0.2) is 115 Å². The molecule has 0 amide bonds. The maximum atomic E-state index is 2.57. The highest BCUT2D eigenvalue weighted by atomic mass is 15.0. The van der Waals surface area contributed by atoms with Crippen molar-refractivity contribution in [2.24, 2.45) is 0 Å². The van der Waals surface area contributed by atoms with Gasteiger partial charge in [-0.1, -0.05) is 109 Å². The van der Waals surface area contributed by atoms with Crippen LogP contribution in [0.4, 0.5) is 0 Å². The predicted octanol–water partition coefficient (Wildman–Crippen LogP) is 13.4. The van der Waals surface area contributed by atoms with Gasteiger partial charge in [0.05, 0.1) is 22.4 Å². The fraction of sp³-hybridized carbons (Fsp3) is 0.120. The highest BCUT2D eigenvalue weighted by Gasteiger charge is 2.25. The van der Waals surface area contributed by atoms with Crippen molar-refractivity contribution in [2.75, 3.05) is 0 Å². The molecular formula is C50H36N2. The molecule has 52 heavy (non-hydrogen) atoms. The normalized spacial score (nSPS) is 14.0. The summed E-state index contributed by atoms with van der Waals surface area (Å²) in [6.07, 6.45) is 9.10. The predicted molar refractivity (Wildman–Crippen MR) is 223 cm³/mol. The van der Waals surface area contributed by atoms with Gasteiger partial charge >= 0.3 is 0 Å². The van der Waals surface area contributed by atoms with Crippen molar-refractivity contribution < 1.29 is 0 Å². The second-order valence-corrected chi connectivity index (χ2v) is 15.3. The molecule has 2 aromatic heterocycles. The van der Waals surface area contributed by atoms with Crippen molar-refractivity contribution in [2.45, 2.75) is 40.5 Å². The molecule has 12 rings (SSSR count). The van der Waals surface area contributed by atoms with Crippen molar-refractivity contribution in [3.63, 3.8) is 0 Å². The van der Waals surface area contributed by atoms with E-state index in [1.165, 1.54) is 132 Å². The third kappa shape index (κ3) is 3.41. The molecule has 2 heterocycles. The summed E-state index contributed by atoms with van der Waals surface area (Å²) in [5, 5.41) is 15.9. The Bertz CT molecular complexity index is 3300. The van der Waals surface area contributed by atoms with Gasteiger partial charge in [0.2, 0.25) is 0 Å². The topological polar surface area (TPSA) is 9.86 Å². The fourth-order valence-corrected chi connectivity index (χ4v) is 10.2. The van der Waals surface area contributed by atoms with E-state index in [9.17, 15) is 0 Å². The van der Waals surface area contributed by atoms with Crippen molar-refractivity contribution >= 4 is 87.3 Å². The molecule has 10 aromatic rings. The van der Waals surface area contributed by atoms with E-state index in [2.05, 4.69) is 158 Å². The Morgan fingerprint density at radius 3 is 1.69 bits per heavy atom. The van der Waals surface area contributed by atoms with Gasteiger partial charge in [-0.3, -0.25) is 0 Å². The smallest absolute Gasteiger partial charge is 0.0613 e. The van der Waals surface area contributed by atoms with E-state index in [1.54, 1.807) is 0 Å². The average Bonchev–Trinajstić information content (AvgIpc) is 3.59. The summed E-state index contributed by atoms with van der Waals surface area (Å²) in [7, 11) is 0. The number of aromatic nitrogens is 2. The Hall–Kier alpha value is -6.12. The second-order valence-electron chi connectivity index (χ2n) is 15.3. The molecule has 0 N–H and O–H groups in total. The molecule has 0 bridgehead atoms. The highest BCUT2D eigenvalue weighted by Crippen LogP contribution is 2.46. The minimum atomic E-state index is 1.00.